The number of carbonyl (C=O) groups excluding carboxylic acids is 2. The summed E-state index contributed by atoms with van der Waals surface area (Å²) in [5.41, 5.74) is 4.44. The molecule has 0 bridgehead atoms. The van der Waals surface area contributed by atoms with E-state index in [0.717, 1.165) is 18.5 Å². The minimum absolute atomic E-state index is 0.0187. The van der Waals surface area contributed by atoms with Crippen molar-refractivity contribution in [1.29, 1.82) is 0 Å². The van der Waals surface area contributed by atoms with Crippen LogP contribution in [0, 0.1) is 5.92 Å². The number of anilines is 3. The molecular formula is C43H51N5O6Si. The molecule has 3 aliphatic heterocycles. The van der Waals surface area contributed by atoms with Crippen LogP contribution in [0.1, 0.15) is 68.6 Å². The summed E-state index contributed by atoms with van der Waals surface area (Å²) in [7, 11) is -2.95. The number of amides is 2. The van der Waals surface area contributed by atoms with E-state index in [1.54, 1.807) is 26.6 Å². The number of fused-ring (bicyclic) bond motifs is 4. The van der Waals surface area contributed by atoms with E-state index in [-0.39, 0.29) is 24.0 Å². The van der Waals surface area contributed by atoms with Gasteiger partial charge in [-0.2, -0.15) is 0 Å². The van der Waals surface area contributed by atoms with Gasteiger partial charge >= 0.3 is 0 Å². The smallest absolute Gasteiger partial charge is 0.266 e. The van der Waals surface area contributed by atoms with Gasteiger partial charge in [-0.25, -0.2) is 0 Å². The van der Waals surface area contributed by atoms with Gasteiger partial charge in [-0.3, -0.25) is 19.2 Å². The maximum Gasteiger partial charge on any atom is 0.266 e. The van der Waals surface area contributed by atoms with E-state index in [0.29, 0.717) is 65.6 Å². The third-order valence-electron chi connectivity index (χ3n) is 11.2. The highest BCUT2D eigenvalue weighted by atomic mass is 28.4. The minimum Gasteiger partial charge on any atom is -0.454 e. The Morgan fingerprint density at radius 2 is 1.73 bits per heavy atom. The maximum absolute atomic E-state index is 15.2. The fourth-order valence-corrected chi connectivity index (χ4v) is 11.2. The lowest BCUT2D eigenvalue weighted by Gasteiger charge is -2.32. The molecule has 0 aliphatic carbocycles. The number of aromatic nitrogens is 3. The van der Waals surface area contributed by atoms with Gasteiger partial charge in [0.05, 0.1) is 28.7 Å². The number of nitrogens with zero attached hydrogens (tertiary/aromatic N) is 5. The summed E-state index contributed by atoms with van der Waals surface area (Å²) < 4.78 is 15.2. The van der Waals surface area contributed by atoms with Crippen molar-refractivity contribution in [3.05, 3.63) is 113 Å². The first-order chi connectivity index (χ1) is 26.3. The highest BCUT2D eigenvalue weighted by Crippen LogP contribution is 2.60. The molecular weight excluding hydrogens is 711 g/mol. The van der Waals surface area contributed by atoms with Crippen LogP contribution in [0.3, 0.4) is 0 Å². The molecule has 1 aromatic heterocycles. The highest BCUT2D eigenvalue weighted by molar-refractivity contribution is 6.71. The molecule has 12 heteroatoms. The normalized spacial score (nSPS) is 22.0. The molecule has 0 radical (unpaired) electrons. The summed E-state index contributed by atoms with van der Waals surface area (Å²) in [5.74, 6) is 0.192. The molecule has 1 spiro atoms. The molecule has 288 valence electrons. The number of carbonyl (C=O) groups is 2. The molecule has 4 heterocycles. The maximum atomic E-state index is 15.2. The topological polar surface area (TPSA) is 130 Å². The van der Waals surface area contributed by atoms with Gasteiger partial charge < -0.3 is 24.3 Å². The second-order valence-electron chi connectivity index (χ2n) is 15.8. The lowest BCUT2D eigenvalue weighted by atomic mass is 9.82. The van der Waals surface area contributed by atoms with Gasteiger partial charge in [0.15, 0.2) is 19.7 Å². The molecule has 4 atom stereocenters. The number of para-hydroxylation sites is 3. The standard InChI is InChI=1S/C43H51N5O6Si/c1-28(2)12-11-13-29(3)20-24-47-35-19-18-32(48-36-15-8-10-17-38(36)53-37-16-9-7-14-33(37)41(48)50)26-34(35)43(42(47)51)30(4)40(55(5,6)52)39(54-43)21-23-46-27-31(22-25-49)44-45-46/h7-10,12,14-20,26-27,30,39-40,49,52H,11,13,21-25H2,1-6H3/b29-20+/t30-,39+,40-,43+/m1/s1. The lowest BCUT2D eigenvalue weighted by Crippen LogP contribution is -2.46. The van der Waals surface area contributed by atoms with Crippen LogP contribution >= 0.6 is 0 Å². The predicted octanol–water partition coefficient (Wildman–Crippen LogP) is 7.82. The number of aliphatic hydroxyl groups is 1. The van der Waals surface area contributed by atoms with Crippen molar-refractivity contribution in [1.82, 2.24) is 15.0 Å². The molecule has 2 amide bonds. The van der Waals surface area contributed by atoms with E-state index in [9.17, 15) is 14.7 Å². The average Bonchev–Trinajstić information content (AvgIpc) is 3.76. The second-order valence-corrected chi connectivity index (χ2v) is 19.8. The van der Waals surface area contributed by atoms with Crippen molar-refractivity contribution < 1.29 is 29.0 Å². The Bertz CT molecular complexity index is 2150. The predicted molar refractivity (Wildman–Crippen MR) is 215 cm³/mol. The van der Waals surface area contributed by atoms with Crippen LogP contribution in [0.4, 0.5) is 17.1 Å². The number of hydrogen-bond acceptors (Lipinski definition) is 8. The molecule has 0 unspecified atom stereocenters. The monoisotopic (exact) mass is 761 g/mol. The Morgan fingerprint density at radius 1 is 0.982 bits per heavy atom. The molecule has 3 aromatic carbocycles. The quantitative estimate of drug-likeness (QED) is 0.110. The van der Waals surface area contributed by atoms with E-state index in [1.165, 1.54) is 11.1 Å². The van der Waals surface area contributed by atoms with Crippen molar-refractivity contribution in [2.24, 2.45) is 5.92 Å². The first-order valence-corrected chi connectivity index (χ1v) is 22.2. The number of hydrogen-bond donors (Lipinski definition) is 2. The van der Waals surface area contributed by atoms with Crippen molar-refractivity contribution >= 4 is 37.2 Å². The Kier molecular flexibility index (Phi) is 10.7. The number of aliphatic hydroxyl groups excluding tert-OH is 1. The van der Waals surface area contributed by atoms with Gasteiger partial charge in [0.2, 0.25) is 0 Å². The third kappa shape index (κ3) is 7.19. The summed E-state index contributed by atoms with van der Waals surface area (Å²) in [6.07, 6.45) is 8.40. The second kappa shape index (κ2) is 15.3. The Morgan fingerprint density at radius 3 is 2.47 bits per heavy atom. The van der Waals surface area contributed by atoms with Crippen LogP contribution in [0.5, 0.6) is 11.5 Å². The summed E-state index contributed by atoms with van der Waals surface area (Å²) in [6.45, 7) is 12.9. The van der Waals surface area contributed by atoms with Gasteiger partial charge in [-0.15, -0.1) is 5.10 Å². The number of aryl methyl sites for hydroxylation is 1. The van der Waals surface area contributed by atoms with Crippen LogP contribution in [0.15, 0.2) is 96.2 Å². The van der Waals surface area contributed by atoms with Gasteiger partial charge in [0, 0.05) is 55.0 Å². The largest absolute Gasteiger partial charge is 0.454 e. The van der Waals surface area contributed by atoms with E-state index >= 15 is 4.79 Å². The molecule has 0 saturated carbocycles. The van der Waals surface area contributed by atoms with E-state index < -0.39 is 25.9 Å². The highest BCUT2D eigenvalue weighted by Gasteiger charge is 2.66. The number of allylic oxidation sites excluding steroid dienone is 3. The zero-order chi connectivity index (χ0) is 39.1. The fourth-order valence-electron chi connectivity index (χ4n) is 8.60. The van der Waals surface area contributed by atoms with Crippen LogP contribution in [0.2, 0.25) is 18.6 Å². The lowest BCUT2D eigenvalue weighted by molar-refractivity contribution is -0.145. The summed E-state index contributed by atoms with van der Waals surface area (Å²) in [6, 6.07) is 20.4. The van der Waals surface area contributed by atoms with Crippen LogP contribution in [-0.4, -0.2) is 64.3 Å². The number of ether oxygens (including phenoxy) is 2. The SMILES string of the molecule is CC(C)=CCC/C(C)=C/CN1C(=O)[C@@]2(O[C@@H](CCn3cc(CCO)nn3)[C@H]([Si](C)(C)O)[C@H]2C)c2cc(N3C(=O)c4ccccc4Oc4ccccc43)ccc21. The number of rotatable bonds is 12. The molecule has 3 aliphatic rings. The summed E-state index contributed by atoms with van der Waals surface area (Å²) >= 11 is 0. The van der Waals surface area contributed by atoms with Crippen molar-refractivity contribution in [3.63, 3.8) is 0 Å². The molecule has 55 heavy (non-hydrogen) atoms. The molecule has 4 aromatic rings. The van der Waals surface area contributed by atoms with Gasteiger partial charge in [0.25, 0.3) is 11.8 Å². The van der Waals surface area contributed by atoms with Crippen molar-refractivity contribution in [2.75, 3.05) is 23.0 Å². The molecule has 1 saturated heterocycles. The molecule has 11 nitrogen and oxygen atoms in total. The van der Waals surface area contributed by atoms with Gasteiger partial charge in [0.1, 0.15) is 5.75 Å². The first-order valence-electron chi connectivity index (χ1n) is 19.2. The van der Waals surface area contributed by atoms with Crippen molar-refractivity contribution in [3.8, 4) is 11.5 Å². The molecule has 2 N–H and O–H groups in total. The Hall–Kier alpha value is -4.88. The zero-order valence-electron chi connectivity index (χ0n) is 32.5. The van der Waals surface area contributed by atoms with Crippen molar-refractivity contribution in [2.45, 2.75) is 90.3 Å². The minimum atomic E-state index is -2.95. The third-order valence-corrected chi connectivity index (χ3v) is 13.7. The average molecular weight is 762 g/mol. The Labute approximate surface area is 324 Å². The van der Waals surface area contributed by atoms with Gasteiger partial charge in [-0.05, 0) is 95.6 Å². The van der Waals surface area contributed by atoms with Crippen LogP contribution in [0.25, 0.3) is 0 Å². The van der Waals surface area contributed by atoms with E-state index in [4.69, 9.17) is 9.47 Å². The van der Waals surface area contributed by atoms with Crippen LogP contribution < -0.4 is 14.5 Å². The fraction of sp³-hybridized carbons (Fsp3) is 0.395. The first kappa shape index (κ1) is 38.4. The van der Waals surface area contributed by atoms with E-state index in [1.807, 2.05) is 80.8 Å². The molecule has 1 fully saturated rings. The Balaban J connectivity index is 1.33. The van der Waals surface area contributed by atoms with Crippen LogP contribution in [-0.2, 0) is 28.1 Å². The zero-order valence-corrected chi connectivity index (χ0v) is 33.5. The van der Waals surface area contributed by atoms with Gasteiger partial charge in [-0.1, -0.05) is 59.7 Å². The van der Waals surface area contributed by atoms with E-state index in [2.05, 4.69) is 43.2 Å². The summed E-state index contributed by atoms with van der Waals surface area (Å²) in [4.78, 5) is 45.0. The molecule has 7 rings (SSSR count). The number of benzene rings is 3. The summed E-state index contributed by atoms with van der Waals surface area (Å²) in [5, 5.41) is 17.8.